The van der Waals surface area contributed by atoms with Crippen LogP contribution in [0.5, 0.6) is 0 Å². The van der Waals surface area contributed by atoms with E-state index in [9.17, 15) is 8.42 Å². The summed E-state index contributed by atoms with van der Waals surface area (Å²) in [5.41, 5.74) is 0. The molecular formula is C11H22N2O2S. The minimum Gasteiger partial charge on any atom is -0.304 e. The molecule has 94 valence electrons. The van der Waals surface area contributed by atoms with Crippen molar-refractivity contribution in [1.29, 1.82) is 0 Å². The largest absolute Gasteiger partial charge is 0.304 e. The lowest BCUT2D eigenvalue weighted by molar-refractivity contribution is 0.415. The Hall–Kier alpha value is -0.570. The number of nitrogens with zero attached hydrogens (tertiary/aromatic N) is 1. The van der Waals surface area contributed by atoms with Crippen LogP contribution < -0.4 is 5.32 Å². The van der Waals surface area contributed by atoms with Crippen molar-refractivity contribution in [1.82, 2.24) is 9.62 Å². The first-order chi connectivity index (χ1) is 7.45. The molecule has 0 saturated heterocycles. The van der Waals surface area contributed by atoms with Crippen LogP contribution in [0.4, 0.5) is 0 Å². The zero-order valence-corrected chi connectivity index (χ0v) is 11.2. The van der Waals surface area contributed by atoms with Gasteiger partial charge in [0.05, 0.1) is 12.3 Å². The molecular weight excluding hydrogens is 224 g/mol. The average Bonchev–Trinajstić information content (AvgIpc) is 2.22. The smallest absolute Gasteiger partial charge is 0.211 e. The minimum absolute atomic E-state index is 0.0910. The van der Waals surface area contributed by atoms with Crippen molar-refractivity contribution in [2.45, 2.75) is 32.7 Å². The van der Waals surface area contributed by atoms with Crippen molar-refractivity contribution in [3.8, 4) is 12.3 Å². The monoisotopic (exact) mass is 246 g/mol. The summed E-state index contributed by atoms with van der Waals surface area (Å²) < 4.78 is 24.0. The molecule has 0 aromatic carbocycles. The Balaban J connectivity index is 3.86. The first-order valence-corrected chi connectivity index (χ1v) is 7.45. The molecule has 1 atom stereocenters. The number of hydrogen-bond acceptors (Lipinski definition) is 3. The first kappa shape index (κ1) is 15.4. The zero-order chi connectivity index (χ0) is 12.6. The quantitative estimate of drug-likeness (QED) is 0.505. The highest BCUT2D eigenvalue weighted by Crippen LogP contribution is 1.98. The number of nitrogens with one attached hydrogen (secondary N) is 1. The van der Waals surface area contributed by atoms with Crippen LogP contribution in [0.15, 0.2) is 0 Å². The Bertz CT molecular complexity index is 319. The molecule has 1 N–H and O–H groups in total. The minimum atomic E-state index is -3.06. The Morgan fingerprint density at radius 2 is 2.06 bits per heavy atom. The van der Waals surface area contributed by atoms with E-state index in [1.165, 1.54) is 10.6 Å². The molecule has 4 nitrogen and oxygen atoms in total. The SMILES string of the molecule is C#CC(CC)NCCCN(CC)S(C)(=O)=O. The second-order valence-electron chi connectivity index (χ2n) is 3.69. The predicted molar refractivity (Wildman–Crippen MR) is 67.6 cm³/mol. The Morgan fingerprint density at radius 3 is 2.44 bits per heavy atom. The Morgan fingerprint density at radius 1 is 1.44 bits per heavy atom. The van der Waals surface area contributed by atoms with Gasteiger partial charge in [0.15, 0.2) is 0 Å². The summed E-state index contributed by atoms with van der Waals surface area (Å²) in [4.78, 5) is 0. The number of rotatable bonds is 8. The van der Waals surface area contributed by atoms with Gasteiger partial charge >= 0.3 is 0 Å². The summed E-state index contributed by atoms with van der Waals surface area (Å²) >= 11 is 0. The summed E-state index contributed by atoms with van der Waals surface area (Å²) in [6, 6.07) is 0.0910. The van der Waals surface area contributed by atoms with Gasteiger partial charge in [0, 0.05) is 13.1 Å². The van der Waals surface area contributed by atoms with E-state index in [2.05, 4.69) is 11.2 Å². The molecule has 0 bridgehead atoms. The van der Waals surface area contributed by atoms with Crippen LogP contribution in [-0.2, 0) is 10.0 Å². The molecule has 5 heteroatoms. The summed E-state index contributed by atoms with van der Waals surface area (Å²) in [5.74, 6) is 2.64. The van der Waals surface area contributed by atoms with Crippen molar-refractivity contribution in [3.63, 3.8) is 0 Å². The summed E-state index contributed by atoms with van der Waals surface area (Å²) in [7, 11) is -3.06. The lowest BCUT2D eigenvalue weighted by Crippen LogP contribution is -2.34. The molecule has 0 aromatic rings. The number of sulfonamides is 1. The molecule has 0 aliphatic heterocycles. The van der Waals surface area contributed by atoms with Crippen LogP contribution in [-0.4, -0.2) is 44.7 Å². The Labute approximate surface area is 99.5 Å². The molecule has 0 saturated carbocycles. The van der Waals surface area contributed by atoms with Crippen LogP contribution in [0.2, 0.25) is 0 Å². The van der Waals surface area contributed by atoms with Gasteiger partial charge in [-0.05, 0) is 19.4 Å². The van der Waals surface area contributed by atoms with Crippen molar-refractivity contribution >= 4 is 10.0 Å². The number of terminal acetylenes is 1. The van der Waals surface area contributed by atoms with E-state index in [0.29, 0.717) is 13.1 Å². The van der Waals surface area contributed by atoms with E-state index >= 15 is 0 Å². The second kappa shape index (κ2) is 7.66. The standard InChI is InChI=1S/C11H22N2O2S/c1-5-11(6-2)12-9-8-10-13(7-3)16(4,14)15/h1,11-12H,6-10H2,2-4H3. The fraction of sp³-hybridized carbons (Fsp3) is 0.818. The normalized spacial score (nSPS) is 13.7. The molecule has 0 aliphatic carbocycles. The molecule has 0 spiro atoms. The molecule has 16 heavy (non-hydrogen) atoms. The zero-order valence-electron chi connectivity index (χ0n) is 10.4. The highest BCUT2D eigenvalue weighted by atomic mass is 32.2. The van der Waals surface area contributed by atoms with Gasteiger partial charge in [0.25, 0.3) is 0 Å². The molecule has 0 aliphatic rings. The molecule has 1 unspecified atom stereocenters. The van der Waals surface area contributed by atoms with Crippen LogP contribution in [0, 0.1) is 12.3 Å². The fourth-order valence-electron chi connectivity index (χ4n) is 1.41. The average molecular weight is 246 g/mol. The van der Waals surface area contributed by atoms with Gasteiger partial charge in [0.1, 0.15) is 0 Å². The van der Waals surface area contributed by atoms with E-state index in [4.69, 9.17) is 6.42 Å². The number of hydrogen-bond donors (Lipinski definition) is 1. The molecule has 0 rings (SSSR count). The summed E-state index contributed by atoms with van der Waals surface area (Å²) in [6.07, 6.45) is 8.20. The molecule has 0 radical (unpaired) electrons. The predicted octanol–water partition coefficient (Wildman–Crippen LogP) is 0.659. The lowest BCUT2D eigenvalue weighted by Gasteiger charge is -2.18. The summed E-state index contributed by atoms with van der Waals surface area (Å²) in [6.45, 7) is 5.67. The van der Waals surface area contributed by atoms with Gasteiger partial charge < -0.3 is 5.32 Å². The maximum Gasteiger partial charge on any atom is 0.211 e. The molecule has 0 heterocycles. The van der Waals surface area contributed by atoms with E-state index in [0.717, 1.165) is 19.4 Å². The van der Waals surface area contributed by atoms with Crippen LogP contribution in [0.25, 0.3) is 0 Å². The third-order valence-electron chi connectivity index (χ3n) is 2.41. The Kier molecular flexibility index (Phi) is 7.39. The highest BCUT2D eigenvalue weighted by Gasteiger charge is 2.13. The fourth-order valence-corrected chi connectivity index (χ4v) is 2.34. The van der Waals surface area contributed by atoms with Gasteiger partial charge in [-0.15, -0.1) is 6.42 Å². The molecule has 0 aromatic heterocycles. The lowest BCUT2D eigenvalue weighted by atomic mass is 10.2. The second-order valence-corrected chi connectivity index (χ2v) is 5.67. The topological polar surface area (TPSA) is 49.4 Å². The first-order valence-electron chi connectivity index (χ1n) is 5.60. The molecule has 0 fully saturated rings. The maximum absolute atomic E-state index is 11.3. The summed E-state index contributed by atoms with van der Waals surface area (Å²) in [5, 5.41) is 3.19. The van der Waals surface area contributed by atoms with Gasteiger partial charge in [-0.1, -0.05) is 19.8 Å². The van der Waals surface area contributed by atoms with Crippen molar-refractivity contribution in [2.75, 3.05) is 25.9 Å². The van der Waals surface area contributed by atoms with E-state index in [1.807, 2.05) is 13.8 Å². The van der Waals surface area contributed by atoms with Gasteiger partial charge in [-0.3, -0.25) is 0 Å². The van der Waals surface area contributed by atoms with E-state index in [-0.39, 0.29) is 6.04 Å². The van der Waals surface area contributed by atoms with Crippen molar-refractivity contribution < 1.29 is 8.42 Å². The van der Waals surface area contributed by atoms with Gasteiger partial charge in [0.2, 0.25) is 10.0 Å². The van der Waals surface area contributed by atoms with Crippen molar-refractivity contribution in [3.05, 3.63) is 0 Å². The van der Waals surface area contributed by atoms with Crippen molar-refractivity contribution in [2.24, 2.45) is 0 Å². The van der Waals surface area contributed by atoms with E-state index < -0.39 is 10.0 Å². The van der Waals surface area contributed by atoms with Crippen LogP contribution in [0.1, 0.15) is 26.7 Å². The van der Waals surface area contributed by atoms with Crippen LogP contribution >= 0.6 is 0 Å². The third kappa shape index (κ3) is 6.11. The maximum atomic E-state index is 11.3. The highest BCUT2D eigenvalue weighted by molar-refractivity contribution is 7.88. The molecule has 0 amide bonds. The van der Waals surface area contributed by atoms with E-state index in [1.54, 1.807) is 0 Å². The van der Waals surface area contributed by atoms with Gasteiger partial charge in [-0.25, -0.2) is 12.7 Å². The third-order valence-corrected chi connectivity index (χ3v) is 3.78. The van der Waals surface area contributed by atoms with Crippen LogP contribution in [0.3, 0.4) is 0 Å². The van der Waals surface area contributed by atoms with Gasteiger partial charge in [-0.2, -0.15) is 0 Å².